The number of pyridine rings is 1. The fraction of sp³-hybridized carbons (Fsp3) is 0.375. The molecule has 0 saturated carbocycles. The van der Waals surface area contributed by atoms with Crippen molar-refractivity contribution in [1.82, 2.24) is 14.8 Å². The molecule has 9 heteroatoms. The maximum absolute atomic E-state index is 13.4. The van der Waals surface area contributed by atoms with Crippen molar-refractivity contribution in [2.75, 3.05) is 65.6 Å². The van der Waals surface area contributed by atoms with Crippen LogP contribution in [0.25, 0.3) is 5.57 Å². The number of carbonyl (C=O) groups excluding carboxylic acids is 2. The number of imide groups is 1. The Kier molecular flexibility index (Phi) is 6.79. The van der Waals surface area contributed by atoms with Gasteiger partial charge in [-0.1, -0.05) is 12.1 Å². The molecule has 1 fully saturated rings. The van der Waals surface area contributed by atoms with Crippen LogP contribution >= 0.6 is 0 Å². The van der Waals surface area contributed by atoms with E-state index in [9.17, 15) is 9.59 Å². The van der Waals surface area contributed by atoms with Gasteiger partial charge in [-0.2, -0.15) is 0 Å². The minimum Gasteiger partial charge on any atom is -0.493 e. The smallest absolute Gasteiger partial charge is 0.277 e. The normalized spacial score (nSPS) is 16.6. The van der Waals surface area contributed by atoms with E-state index >= 15 is 0 Å². The lowest BCUT2D eigenvalue weighted by Gasteiger charge is -2.37. The van der Waals surface area contributed by atoms with Crippen LogP contribution in [0.5, 0.6) is 11.5 Å². The van der Waals surface area contributed by atoms with Gasteiger partial charge < -0.3 is 24.0 Å². The first-order valence-corrected chi connectivity index (χ1v) is 10.8. The Balaban J connectivity index is 1.67. The first-order chi connectivity index (χ1) is 16.1. The molecule has 2 aliphatic rings. The first kappa shape index (κ1) is 22.6. The molecule has 9 nitrogen and oxygen atoms in total. The standard InChI is InChI=1S/C24H28N4O5/c1-31-15-14-28-23(29)21(17-7-8-18(32-2)19(16-17)33-3)22(24(28)30)27-12-10-26(11-13-27)20-6-4-5-9-25-20/h4-9,16H,10-15H2,1-3H3. The third-order valence-corrected chi connectivity index (χ3v) is 5.90. The van der Waals surface area contributed by atoms with Crippen LogP contribution in [0.4, 0.5) is 5.82 Å². The van der Waals surface area contributed by atoms with Crippen molar-refractivity contribution < 1.29 is 23.8 Å². The predicted octanol–water partition coefficient (Wildman–Crippen LogP) is 1.65. The first-order valence-electron chi connectivity index (χ1n) is 10.8. The van der Waals surface area contributed by atoms with Gasteiger partial charge in [-0.3, -0.25) is 14.5 Å². The summed E-state index contributed by atoms with van der Waals surface area (Å²) in [5, 5.41) is 0. The molecule has 0 N–H and O–H groups in total. The molecule has 0 bridgehead atoms. The summed E-state index contributed by atoms with van der Waals surface area (Å²) in [7, 11) is 4.64. The Hall–Kier alpha value is -3.59. The number of piperazine rings is 1. The molecule has 0 aliphatic carbocycles. The van der Waals surface area contributed by atoms with Gasteiger partial charge in [0.2, 0.25) is 0 Å². The second kappa shape index (κ2) is 9.91. The monoisotopic (exact) mass is 452 g/mol. The van der Waals surface area contributed by atoms with Gasteiger partial charge in [-0.15, -0.1) is 0 Å². The number of carbonyl (C=O) groups is 2. The molecular formula is C24H28N4O5. The van der Waals surface area contributed by atoms with E-state index in [1.54, 1.807) is 45.7 Å². The minimum absolute atomic E-state index is 0.197. The van der Waals surface area contributed by atoms with Gasteiger partial charge in [0.05, 0.1) is 32.9 Å². The Labute approximate surface area is 193 Å². The molecule has 174 valence electrons. The Morgan fingerprint density at radius 1 is 0.879 bits per heavy atom. The molecule has 33 heavy (non-hydrogen) atoms. The summed E-state index contributed by atoms with van der Waals surface area (Å²) >= 11 is 0. The summed E-state index contributed by atoms with van der Waals surface area (Å²) in [5.74, 6) is 1.33. The average Bonchev–Trinajstić information content (AvgIpc) is 3.12. The Morgan fingerprint density at radius 2 is 1.61 bits per heavy atom. The molecule has 1 aromatic carbocycles. The number of aromatic nitrogens is 1. The number of anilines is 1. The summed E-state index contributed by atoms with van der Waals surface area (Å²) in [6.45, 7) is 3.05. The van der Waals surface area contributed by atoms with Crippen molar-refractivity contribution in [1.29, 1.82) is 0 Å². The maximum atomic E-state index is 13.4. The highest BCUT2D eigenvalue weighted by atomic mass is 16.5. The predicted molar refractivity (Wildman–Crippen MR) is 123 cm³/mol. The fourth-order valence-corrected chi connectivity index (χ4v) is 4.19. The third kappa shape index (κ3) is 4.36. The summed E-state index contributed by atoms with van der Waals surface area (Å²) < 4.78 is 15.9. The SMILES string of the molecule is COCCN1C(=O)C(c2ccc(OC)c(OC)c2)=C(N2CCN(c3ccccn3)CC2)C1=O. The largest absolute Gasteiger partial charge is 0.493 e. The molecule has 3 heterocycles. The molecule has 2 aliphatic heterocycles. The number of nitrogens with zero attached hydrogens (tertiary/aromatic N) is 4. The van der Waals surface area contributed by atoms with E-state index in [1.807, 2.05) is 23.1 Å². The van der Waals surface area contributed by atoms with Crippen molar-refractivity contribution in [2.45, 2.75) is 0 Å². The number of benzene rings is 1. The second-order valence-electron chi connectivity index (χ2n) is 7.71. The topological polar surface area (TPSA) is 84.4 Å². The molecule has 2 aromatic rings. The van der Waals surface area contributed by atoms with Gasteiger partial charge in [-0.25, -0.2) is 4.98 Å². The van der Waals surface area contributed by atoms with E-state index in [0.717, 1.165) is 5.82 Å². The third-order valence-electron chi connectivity index (χ3n) is 5.90. The van der Waals surface area contributed by atoms with Gasteiger partial charge >= 0.3 is 0 Å². The molecule has 4 rings (SSSR count). The highest BCUT2D eigenvalue weighted by Crippen LogP contribution is 2.36. The quantitative estimate of drug-likeness (QED) is 0.559. The van der Waals surface area contributed by atoms with Crippen molar-refractivity contribution >= 4 is 23.2 Å². The molecule has 0 unspecified atom stereocenters. The van der Waals surface area contributed by atoms with Crippen LogP contribution in [0.15, 0.2) is 48.3 Å². The zero-order valence-corrected chi connectivity index (χ0v) is 19.1. The number of methoxy groups -OCH3 is 3. The molecule has 0 spiro atoms. The summed E-state index contributed by atoms with van der Waals surface area (Å²) in [5.41, 5.74) is 1.42. The van der Waals surface area contributed by atoms with Crippen molar-refractivity contribution in [3.8, 4) is 11.5 Å². The van der Waals surface area contributed by atoms with Crippen LogP contribution < -0.4 is 14.4 Å². The van der Waals surface area contributed by atoms with Gasteiger partial charge in [0.1, 0.15) is 11.5 Å². The lowest BCUT2D eigenvalue weighted by Crippen LogP contribution is -2.48. The number of rotatable bonds is 8. The van der Waals surface area contributed by atoms with E-state index in [0.29, 0.717) is 54.5 Å². The lowest BCUT2D eigenvalue weighted by molar-refractivity contribution is -0.138. The fourth-order valence-electron chi connectivity index (χ4n) is 4.19. The van der Waals surface area contributed by atoms with E-state index < -0.39 is 0 Å². The molecule has 0 atom stereocenters. The maximum Gasteiger partial charge on any atom is 0.277 e. The van der Waals surface area contributed by atoms with E-state index in [-0.39, 0.29) is 25.0 Å². The summed E-state index contributed by atoms with van der Waals surface area (Å²) in [6.07, 6.45) is 1.77. The van der Waals surface area contributed by atoms with Gasteiger partial charge in [0, 0.05) is 39.5 Å². The number of ether oxygens (including phenoxy) is 3. The molecule has 2 amide bonds. The van der Waals surface area contributed by atoms with Crippen molar-refractivity contribution in [3.63, 3.8) is 0 Å². The Morgan fingerprint density at radius 3 is 2.24 bits per heavy atom. The molecule has 1 saturated heterocycles. The van der Waals surface area contributed by atoms with Crippen LogP contribution in [0.3, 0.4) is 0 Å². The Bertz CT molecular complexity index is 1050. The van der Waals surface area contributed by atoms with Crippen LogP contribution in [0.1, 0.15) is 5.56 Å². The molecule has 1 aromatic heterocycles. The summed E-state index contributed by atoms with van der Waals surface area (Å²) in [6, 6.07) is 11.1. The highest BCUT2D eigenvalue weighted by Gasteiger charge is 2.42. The van der Waals surface area contributed by atoms with Crippen LogP contribution in [-0.4, -0.2) is 87.3 Å². The van der Waals surface area contributed by atoms with Crippen LogP contribution in [0, 0.1) is 0 Å². The van der Waals surface area contributed by atoms with E-state index in [1.165, 1.54) is 4.90 Å². The average molecular weight is 453 g/mol. The number of hydrogen-bond acceptors (Lipinski definition) is 8. The highest BCUT2D eigenvalue weighted by molar-refractivity contribution is 6.35. The van der Waals surface area contributed by atoms with Gasteiger partial charge in [0.15, 0.2) is 11.5 Å². The number of hydrogen-bond donors (Lipinski definition) is 0. The van der Waals surface area contributed by atoms with Gasteiger partial charge in [-0.05, 0) is 29.8 Å². The lowest BCUT2D eigenvalue weighted by atomic mass is 10.0. The zero-order chi connectivity index (χ0) is 23.4. The number of amides is 2. The summed E-state index contributed by atoms with van der Waals surface area (Å²) in [4.78, 5) is 36.6. The van der Waals surface area contributed by atoms with E-state index in [2.05, 4.69) is 9.88 Å². The molecular weight excluding hydrogens is 424 g/mol. The van der Waals surface area contributed by atoms with Crippen molar-refractivity contribution in [3.05, 3.63) is 53.9 Å². The van der Waals surface area contributed by atoms with Gasteiger partial charge in [0.25, 0.3) is 11.8 Å². The molecule has 0 radical (unpaired) electrons. The minimum atomic E-state index is -0.327. The van der Waals surface area contributed by atoms with Crippen LogP contribution in [0.2, 0.25) is 0 Å². The zero-order valence-electron chi connectivity index (χ0n) is 19.1. The van der Waals surface area contributed by atoms with Crippen molar-refractivity contribution in [2.24, 2.45) is 0 Å². The second-order valence-corrected chi connectivity index (χ2v) is 7.71. The van der Waals surface area contributed by atoms with Crippen LogP contribution in [-0.2, 0) is 14.3 Å². The van der Waals surface area contributed by atoms with E-state index in [4.69, 9.17) is 14.2 Å².